The molecule has 0 radical (unpaired) electrons. The summed E-state index contributed by atoms with van der Waals surface area (Å²) in [6, 6.07) is -0.642. The second-order valence-electron chi connectivity index (χ2n) is 23.9. The Labute approximate surface area is 483 Å². The lowest BCUT2D eigenvalue weighted by atomic mass is 10.0. The van der Waals surface area contributed by atoms with E-state index in [0.29, 0.717) is 6.42 Å². The van der Waals surface area contributed by atoms with Gasteiger partial charge in [0.1, 0.15) is 0 Å². The van der Waals surface area contributed by atoms with E-state index in [0.717, 1.165) is 44.9 Å². The van der Waals surface area contributed by atoms with Crippen LogP contribution in [0.5, 0.6) is 0 Å². The second kappa shape index (κ2) is 68.4. The number of allylic oxidation sites excluding steroid dienone is 9. The molecule has 4 heteroatoms. The zero-order chi connectivity index (χ0) is 55.5. The molecular weight excluding hydrogens is 939 g/mol. The minimum atomic E-state index is -0.865. The van der Waals surface area contributed by atoms with Gasteiger partial charge in [-0.1, -0.05) is 364 Å². The summed E-state index contributed by atoms with van der Waals surface area (Å²) in [6.45, 7) is 4.33. The molecule has 2 unspecified atom stereocenters. The smallest absolute Gasteiger partial charge is 0.220 e. The number of carbonyl (C=O) groups is 1. The number of aliphatic hydroxyl groups excluding tert-OH is 2. The third-order valence-electron chi connectivity index (χ3n) is 16.2. The summed E-state index contributed by atoms with van der Waals surface area (Å²) in [7, 11) is 0. The summed E-state index contributed by atoms with van der Waals surface area (Å²) in [4.78, 5) is 12.5. The van der Waals surface area contributed by atoms with E-state index in [4.69, 9.17) is 0 Å². The van der Waals surface area contributed by atoms with Crippen LogP contribution in [0.4, 0.5) is 0 Å². The highest BCUT2D eigenvalue weighted by atomic mass is 16.3. The lowest BCUT2D eigenvalue weighted by Gasteiger charge is -2.19. The van der Waals surface area contributed by atoms with Gasteiger partial charge in [0.25, 0.3) is 0 Å². The van der Waals surface area contributed by atoms with Crippen molar-refractivity contribution in [3.63, 3.8) is 0 Å². The maximum atomic E-state index is 12.5. The Morgan fingerprint density at radius 3 is 0.844 bits per heavy atom. The Bertz CT molecular complexity index is 1270. The van der Waals surface area contributed by atoms with Crippen molar-refractivity contribution in [1.82, 2.24) is 5.32 Å². The van der Waals surface area contributed by atoms with E-state index in [1.165, 1.54) is 315 Å². The Kier molecular flexibility index (Phi) is 66.7. The molecule has 0 aliphatic heterocycles. The van der Waals surface area contributed by atoms with E-state index in [9.17, 15) is 15.0 Å². The van der Waals surface area contributed by atoms with Gasteiger partial charge in [0, 0.05) is 6.42 Å². The van der Waals surface area contributed by atoms with E-state index in [-0.39, 0.29) is 12.5 Å². The zero-order valence-electron chi connectivity index (χ0n) is 52.2. The van der Waals surface area contributed by atoms with Crippen LogP contribution in [-0.4, -0.2) is 34.9 Å². The van der Waals surface area contributed by atoms with Crippen LogP contribution in [-0.2, 0) is 4.79 Å². The molecule has 0 aliphatic rings. The van der Waals surface area contributed by atoms with E-state index in [1.807, 2.05) is 6.08 Å². The normalized spacial score (nSPS) is 13.0. The van der Waals surface area contributed by atoms with E-state index in [2.05, 4.69) is 67.8 Å². The van der Waals surface area contributed by atoms with Gasteiger partial charge in [0.05, 0.1) is 18.8 Å². The van der Waals surface area contributed by atoms with Crippen LogP contribution in [0.15, 0.2) is 60.8 Å². The Balaban J connectivity index is 3.47. The van der Waals surface area contributed by atoms with Crippen LogP contribution < -0.4 is 5.32 Å². The number of rotatable bonds is 65. The minimum absolute atomic E-state index is 0.0684. The molecule has 0 rings (SSSR count). The molecule has 0 saturated heterocycles. The highest BCUT2D eigenvalue weighted by Crippen LogP contribution is 2.18. The first-order chi connectivity index (χ1) is 38.2. The van der Waals surface area contributed by atoms with Crippen LogP contribution in [0.25, 0.3) is 0 Å². The first-order valence-electron chi connectivity index (χ1n) is 35.0. The quantitative estimate of drug-likeness (QED) is 0.0420. The van der Waals surface area contributed by atoms with Crippen molar-refractivity contribution < 1.29 is 15.0 Å². The first kappa shape index (κ1) is 75.1. The lowest BCUT2D eigenvalue weighted by molar-refractivity contribution is -0.123. The van der Waals surface area contributed by atoms with Gasteiger partial charge in [-0.25, -0.2) is 0 Å². The van der Waals surface area contributed by atoms with Gasteiger partial charge in [-0.3, -0.25) is 4.79 Å². The van der Waals surface area contributed by atoms with Gasteiger partial charge in [0.2, 0.25) is 5.91 Å². The Morgan fingerprint density at radius 2 is 0.545 bits per heavy atom. The predicted molar refractivity (Wildman–Crippen MR) is 345 cm³/mol. The number of nitrogens with one attached hydrogen (secondary N) is 1. The molecule has 0 spiro atoms. The number of unbranched alkanes of at least 4 members (excludes halogenated alkanes) is 50. The third-order valence-corrected chi connectivity index (χ3v) is 16.2. The molecule has 0 aromatic rings. The molecule has 0 fully saturated rings. The van der Waals surface area contributed by atoms with Crippen molar-refractivity contribution in [3.8, 4) is 0 Å². The summed E-state index contributed by atoms with van der Waals surface area (Å²) < 4.78 is 0. The molecule has 0 aliphatic carbocycles. The van der Waals surface area contributed by atoms with Crippen molar-refractivity contribution in [2.45, 2.75) is 392 Å². The zero-order valence-corrected chi connectivity index (χ0v) is 52.2. The van der Waals surface area contributed by atoms with Crippen LogP contribution in [0.3, 0.4) is 0 Å². The maximum Gasteiger partial charge on any atom is 0.220 e. The van der Waals surface area contributed by atoms with Crippen molar-refractivity contribution in [2.24, 2.45) is 0 Å². The average molecular weight is 1080 g/mol. The van der Waals surface area contributed by atoms with Crippen molar-refractivity contribution >= 4 is 5.91 Å². The number of carbonyl (C=O) groups excluding carboxylic acids is 1. The second-order valence-corrected chi connectivity index (χ2v) is 23.9. The Morgan fingerprint density at radius 1 is 0.312 bits per heavy atom. The van der Waals surface area contributed by atoms with Crippen LogP contribution in [0.1, 0.15) is 380 Å². The van der Waals surface area contributed by atoms with Crippen molar-refractivity contribution in [3.05, 3.63) is 60.8 Å². The molecule has 0 aromatic carbocycles. The SMILES string of the molecule is CCCCCCC/C=C\C/C=C\C/C=C\CCCCCCCCCCCCCCCCCCCCC(=O)NC(CO)C(O)/C=C/CC/C=C/CCCCCCCCCCCCCCCCCCCCCCCCCCCC. The van der Waals surface area contributed by atoms with Gasteiger partial charge in [0.15, 0.2) is 0 Å². The van der Waals surface area contributed by atoms with E-state index < -0.39 is 12.1 Å². The van der Waals surface area contributed by atoms with Crippen molar-refractivity contribution in [1.29, 1.82) is 0 Å². The largest absolute Gasteiger partial charge is 0.394 e. The fraction of sp³-hybridized carbons (Fsp3) is 0.849. The fourth-order valence-corrected chi connectivity index (χ4v) is 10.9. The van der Waals surface area contributed by atoms with Crippen LogP contribution in [0, 0.1) is 0 Å². The van der Waals surface area contributed by atoms with Gasteiger partial charge in [-0.15, -0.1) is 0 Å². The standard InChI is InChI=1S/C73H137NO3/c1-3-5-7-9-11-13-15-17-19-21-23-25-27-29-31-33-35-37-39-41-43-45-47-49-51-53-55-57-59-61-63-65-67-69-73(77)74-71(70-75)72(76)68-66-64-62-60-58-56-54-52-50-48-46-44-42-40-38-36-34-32-30-28-26-24-22-20-18-16-14-12-10-8-6-4-2/h15,17,21,23,27,29,58,60,66,68,71-72,75-76H,3-14,16,18-20,22,24-26,28,30-57,59,61-65,67,69-70H2,1-2H3,(H,74,77)/b17-15-,23-21-,29-27-,60-58+,68-66+. The Hall–Kier alpha value is -1.91. The van der Waals surface area contributed by atoms with Gasteiger partial charge < -0.3 is 15.5 Å². The average Bonchev–Trinajstić information content (AvgIpc) is 3.43. The molecule has 1 amide bonds. The molecule has 2 atom stereocenters. The highest BCUT2D eigenvalue weighted by Gasteiger charge is 2.18. The first-order valence-corrected chi connectivity index (χ1v) is 35.0. The molecule has 4 nitrogen and oxygen atoms in total. The molecule has 77 heavy (non-hydrogen) atoms. The summed E-state index contributed by atoms with van der Waals surface area (Å²) in [5, 5.41) is 23.3. The number of hydrogen-bond acceptors (Lipinski definition) is 3. The number of hydrogen-bond donors (Lipinski definition) is 3. The predicted octanol–water partition coefficient (Wildman–Crippen LogP) is 23.9. The van der Waals surface area contributed by atoms with Crippen LogP contribution in [0.2, 0.25) is 0 Å². The molecule has 0 aromatic heterocycles. The topological polar surface area (TPSA) is 69.6 Å². The lowest BCUT2D eigenvalue weighted by Crippen LogP contribution is -2.45. The summed E-state index contributed by atoms with van der Waals surface area (Å²) in [5.74, 6) is -0.0684. The summed E-state index contributed by atoms with van der Waals surface area (Å²) in [5.41, 5.74) is 0. The third kappa shape index (κ3) is 64.8. The molecule has 452 valence electrons. The van der Waals surface area contributed by atoms with Gasteiger partial charge >= 0.3 is 0 Å². The van der Waals surface area contributed by atoms with Gasteiger partial charge in [-0.05, 0) is 70.6 Å². The number of aliphatic hydroxyl groups is 2. The van der Waals surface area contributed by atoms with Crippen LogP contribution >= 0.6 is 0 Å². The molecule has 0 saturated carbocycles. The highest BCUT2D eigenvalue weighted by molar-refractivity contribution is 5.76. The molecular formula is C73H137NO3. The monoisotopic (exact) mass is 1080 g/mol. The molecule has 3 N–H and O–H groups in total. The molecule has 0 heterocycles. The number of amides is 1. The fourth-order valence-electron chi connectivity index (χ4n) is 10.9. The maximum absolute atomic E-state index is 12.5. The van der Waals surface area contributed by atoms with E-state index in [1.54, 1.807) is 6.08 Å². The summed E-state index contributed by atoms with van der Waals surface area (Å²) in [6.07, 6.45) is 97.4. The molecule has 0 bridgehead atoms. The van der Waals surface area contributed by atoms with E-state index >= 15 is 0 Å². The minimum Gasteiger partial charge on any atom is -0.394 e. The van der Waals surface area contributed by atoms with Crippen molar-refractivity contribution in [2.75, 3.05) is 6.61 Å². The van der Waals surface area contributed by atoms with Gasteiger partial charge in [-0.2, -0.15) is 0 Å². The summed E-state index contributed by atoms with van der Waals surface area (Å²) >= 11 is 0.